The minimum Gasteiger partial charge on any atom is -0.392 e. The highest BCUT2D eigenvalue weighted by molar-refractivity contribution is 5.92. The summed E-state index contributed by atoms with van der Waals surface area (Å²) in [6.07, 6.45) is 0.743. The Kier molecular flexibility index (Phi) is 4.87. The Morgan fingerprint density at radius 1 is 1.57 bits per heavy atom. The highest BCUT2D eigenvalue weighted by Crippen LogP contribution is 2.22. The van der Waals surface area contributed by atoms with Crippen molar-refractivity contribution < 1.29 is 14.8 Å². The highest BCUT2D eigenvalue weighted by atomic mass is 16.6. The topological polar surface area (TPSA) is 95.7 Å². The molecule has 7 heteroatoms. The van der Waals surface area contributed by atoms with Crippen LogP contribution in [0, 0.1) is 17.0 Å². The molecule has 0 radical (unpaired) electrons. The first-order valence-electron chi connectivity index (χ1n) is 6.91. The Morgan fingerprint density at radius 2 is 2.33 bits per heavy atom. The molecule has 1 aliphatic heterocycles. The summed E-state index contributed by atoms with van der Waals surface area (Å²) in [6, 6.07) is 4.40. The van der Waals surface area contributed by atoms with Gasteiger partial charge < -0.3 is 15.3 Å². The Balaban J connectivity index is 1.90. The molecule has 114 valence electrons. The van der Waals surface area contributed by atoms with E-state index < -0.39 is 4.92 Å². The largest absolute Gasteiger partial charge is 0.392 e. The van der Waals surface area contributed by atoms with Crippen LogP contribution in [0.25, 0.3) is 0 Å². The third-order valence-electron chi connectivity index (χ3n) is 3.61. The number of amides is 1. The lowest BCUT2D eigenvalue weighted by Crippen LogP contribution is -2.26. The fourth-order valence-corrected chi connectivity index (χ4v) is 2.35. The first-order valence-corrected chi connectivity index (χ1v) is 6.91. The molecule has 1 amide bonds. The van der Waals surface area contributed by atoms with Crippen LogP contribution in [0.4, 0.5) is 11.4 Å². The SMILES string of the molecule is Cc1ccc([N+](=O)[O-])cc1NC(=O)CCN1CC[C@H](O)C1. The molecule has 0 aromatic heterocycles. The van der Waals surface area contributed by atoms with Gasteiger partial charge in [0.1, 0.15) is 0 Å². The summed E-state index contributed by atoms with van der Waals surface area (Å²) in [4.78, 5) is 24.2. The Morgan fingerprint density at radius 3 is 2.95 bits per heavy atom. The smallest absolute Gasteiger partial charge is 0.271 e. The van der Waals surface area contributed by atoms with Crippen molar-refractivity contribution in [2.24, 2.45) is 0 Å². The fraction of sp³-hybridized carbons (Fsp3) is 0.500. The van der Waals surface area contributed by atoms with Gasteiger partial charge >= 0.3 is 0 Å². The number of nitro benzene ring substituents is 1. The van der Waals surface area contributed by atoms with E-state index in [1.165, 1.54) is 12.1 Å². The van der Waals surface area contributed by atoms with Crippen LogP contribution in [0.15, 0.2) is 18.2 Å². The number of nitrogens with one attached hydrogen (secondary N) is 1. The van der Waals surface area contributed by atoms with E-state index in [0.717, 1.165) is 18.5 Å². The monoisotopic (exact) mass is 293 g/mol. The van der Waals surface area contributed by atoms with E-state index in [-0.39, 0.29) is 17.7 Å². The molecule has 2 rings (SSSR count). The van der Waals surface area contributed by atoms with E-state index in [4.69, 9.17) is 0 Å². The van der Waals surface area contributed by atoms with Crippen molar-refractivity contribution in [2.45, 2.75) is 25.9 Å². The maximum atomic E-state index is 11.9. The van der Waals surface area contributed by atoms with Gasteiger partial charge in [-0.2, -0.15) is 0 Å². The number of aliphatic hydroxyl groups excluding tert-OH is 1. The Bertz CT molecular complexity index is 547. The molecule has 1 fully saturated rings. The molecule has 1 saturated heterocycles. The molecule has 1 aliphatic rings. The number of rotatable bonds is 5. The number of nitro groups is 1. The van der Waals surface area contributed by atoms with E-state index in [1.807, 2.05) is 4.90 Å². The molecule has 0 bridgehead atoms. The molecule has 0 unspecified atom stereocenters. The zero-order valence-corrected chi connectivity index (χ0v) is 11.9. The van der Waals surface area contributed by atoms with Crippen molar-refractivity contribution in [3.05, 3.63) is 33.9 Å². The van der Waals surface area contributed by atoms with Gasteiger partial charge in [-0.15, -0.1) is 0 Å². The predicted octanol–water partition coefficient (Wildman–Crippen LogP) is 1.30. The van der Waals surface area contributed by atoms with Gasteiger partial charge in [-0.1, -0.05) is 6.07 Å². The second-order valence-electron chi connectivity index (χ2n) is 5.30. The van der Waals surface area contributed by atoms with Crippen LogP contribution in [0.5, 0.6) is 0 Å². The number of β-amino-alcohol motifs (C(OH)–C–C–N with tert-alkyl or cyclic N) is 1. The zero-order valence-electron chi connectivity index (χ0n) is 11.9. The number of aliphatic hydroxyl groups is 1. The van der Waals surface area contributed by atoms with Crippen molar-refractivity contribution in [1.29, 1.82) is 0 Å². The van der Waals surface area contributed by atoms with Crippen LogP contribution >= 0.6 is 0 Å². The molecule has 1 aromatic carbocycles. The van der Waals surface area contributed by atoms with Gasteiger partial charge in [0.2, 0.25) is 5.91 Å². The molecule has 7 nitrogen and oxygen atoms in total. The quantitative estimate of drug-likeness (QED) is 0.630. The minimum atomic E-state index is -0.485. The number of carbonyl (C=O) groups excluding carboxylic acids is 1. The first-order chi connectivity index (χ1) is 9.95. The third-order valence-corrected chi connectivity index (χ3v) is 3.61. The van der Waals surface area contributed by atoms with E-state index in [9.17, 15) is 20.0 Å². The number of non-ortho nitro benzene ring substituents is 1. The molecule has 1 atom stereocenters. The predicted molar refractivity (Wildman–Crippen MR) is 78.1 cm³/mol. The zero-order chi connectivity index (χ0) is 15.4. The van der Waals surface area contributed by atoms with E-state index in [2.05, 4.69) is 5.32 Å². The van der Waals surface area contributed by atoms with Crippen molar-refractivity contribution >= 4 is 17.3 Å². The molecular formula is C14H19N3O4. The lowest BCUT2D eigenvalue weighted by molar-refractivity contribution is -0.384. The van der Waals surface area contributed by atoms with Crippen molar-refractivity contribution in [3.63, 3.8) is 0 Å². The molecule has 2 N–H and O–H groups in total. The number of hydrogen-bond acceptors (Lipinski definition) is 5. The Hall–Kier alpha value is -1.99. The number of carbonyl (C=O) groups is 1. The maximum absolute atomic E-state index is 11.9. The van der Waals surface area contributed by atoms with Gasteiger partial charge in [0.25, 0.3) is 5.69 Å². The third kappa shape index (κ3) is 4.24. The summed E-state index contributed by atoms with van der Waals surface area (Å²) in [6.45, 7) is 3.76. The Labute approximate surface area is 122 Å². The second kappa shape index (κ2) is 6.64. The van der Waals surface area contributed by atoms with Crippen molar-refractivity contribution in [3.8, 4) is 0 Å². The molecular weight excluding hydrogens is 274 g/mol. The van der Waals surface area contributed by atoms with Gasteiger partial charge in [-0.25, -0.2) is 0 Å². The highest BCUT2D eigenvalue weighted by Gasteiger charge is 2.20. The number of likely N-dealkylation sites (tertiary alicyclic amines) is 1. The van der Waals surface area contributed by atoms with Crippen LogP contribution in [-0.4, -0.2) is 46.6 Å². The first kappa shape index (κ1) is 15.4. The summed E-state index contributed by atoms with van der Waals surface area (Å²) in [5, 5.41) is 22.9. The lowest BCUT2D eigenvalue weighted by atomic mass is 10.1. The number of benzene rings is 1. The molecule has 0 aliphatic carbocycles. The average Bonchev–Trinajstić information content (AvgIpc) is 2.84. The van der Waals surface area contributed by atoms with Gasteiger partial charge in [0, 0.05) is 38.2 Å². The van der Waals surface area contributed by atoms with Crippen LogP contribution in [0.1, 0.15) is 18.4 Å². The summed E-state index contributed by atoms with van der Waals surface area (Å²) in [5.41, 5.74) is 1.21. The molecule has 21 heavy (non-hydrogen) atoms. The summed E-state index contributed by atoms with van der Waals surface area (Å²) < 4.78 is 0. The number of anilines is 1. The number of nitrogens with zero attached hydrogens (tertiary/aromatic N) is 2. The molecule has 0 spiro atoms. The van der Waals surface area contributed by atoms with E-state index >= 15 is 0 Å². The maximum Gasteiger partial charge on any atom is 0.271 e. The fourth-order valence-electron chi connectivity index (χ4n) is 2.35. The average molecular weight is 293 g/mol. The normalized spacial score (nSPS) is 18.7. The van der Waals surface area contributed by atoms with Crippen LogP contribution in [0.3, 0.4) is 0 Å². The van der Waals surface area contributed by atoms with E-state index in [1.54, 1.807) is 13.0 Å². The summed E-state index contributed by atoms with van der Waals surface area (Å²) in [5.74, 6) is -0.181. The standard InChI is InChI=1S/C14H19N3O4/c1-10-2-3-11(17(20)21)8-13(10)15-14(19)5-7-16-6-4-12(18)9-16/h2-3,8,12,18H,4-7,9H2,1H3,(H,15,19)/t12-/m0/s1. The molecule has 0 saturated carbocycles. The van der Waals surface area contributed by atoms with Gasteiger partial charge in [-0.3, -0.25) is 14.9 Å². The number of aryl methyl sites for hydroxylation is 1. The van der Waals surface area contributed by atoms with Gasteiger partial charge in [0.15, 0.2) is 0 Å². The van der Waals surface area contributed by atoms with E-state index in [0.29, 0.717) is 25.2 Å². The number of hydrogen-bond donors (Lipinski definition) is 2. The molecule has 1 heterocycles. The van der Waals surface area contributed by atoms with Gasteiger partial charge in [-0.05, 0) is 18.9 Å². The van der Waals surface area contributed by atoms with Crippen LogP contribution < -0.4 is 5.32 Å². The molecule has 1 aromatic rings. The second-order valence-corrected chi connectivity index (χ2v) is 5.30. The van der Waals surface area contributed by atoms with Crippen molar-refractivity contribution in [1.82, 2.24) is 4.90 Å². The van der Waals surface area contributed by atoms with Crippen molar-refractivity contribution in [2.75, 3.05) is 25.0 Å². The summed E-state index contributed by atoms with van der Waals surface area (Å²) >= 11 is 0. The summed E-state index contributed by atoms with van der Waals surface area (Å²) in [7, 11) is 0. The van der Waals surface area contributed by atoms with Crippen LogP contribution in [0.2, 0.25) is 0 Å². The van der Waals surface area contributed by atoms with Crippen LogP contribution in [-0.2, 0) is 4.79 Å². The van der Waals surface area contributed by atoms with Gasteiger partial charge in [0.05, 0.1) is 16.7 Å². The minimum absolute atomic E-state index is 0.0430. The lowest BCUT2D eigenvalue weighted by Gasteiger charge is -2.14.